The maximum atomic E-state index is 12.5. The van der Waals surface area contributed by atoms with Gasteiger partial charge in [0.05, 0.1) is 11.4 Å². The van der Waals surface area contributed by atoms with Gasteiger partial charge in [-0.1, -0.05) is 0 Å². The van der Waals surface area contributed by atoms with Crippen LogP contribution in [0.25, 0.3) is 0 Å². The fourth-order valence-corrected chi connectivity index (χ4v) is 3.55. The largest absolute Gasteiger partial charge is 0.486 e. The number of hydrogen-bond acceptors (Lipinski definition) is 5. The maximum absolute atomic E-state index is 12.5. The smallest absolute Gasteiger partial charge is 0.243 e. The summed E-state index contributed by atoms with van der Waals surface area (Å²) < 4.78 is 37.1. The third-order valence-electron chi connectivity index (χ3n) is 3.91. The zero-order valence-corrected chi connectivity index (χ0v) is 15.1. The van der Waals surface area contributed by atoms with E-state index in [1.165, 1.54) is 0 Å². The molecule has 1 aliphatic heterocycles. The van der Waals surface area contributed by atoms with Crippen molar-refractivity contribution in [1.29, 1.82) is 0 Å². The van der Waals surface area contributed by atoms with Crippen molar-refractivity contribution in [2.45, 2.75) is 20.8 Å². The van der Waals surface area contributed by atoms with E-state index in [9.17, 15) is 13.2 Å². The lowest BCUT2D eigenvalue weighted by molar-refractivity contribution is -0.129. The summed E-state index contributed by atoms with van der Waals surface area (Å²) in [5.74, 6) is 0.749. The molecule has 0 saturated carbocycles. The summed E-state index contributed by atoms with van der Waals surface area (Å²) in [7, 11) is -3.60. The lowest BCUT2D eigenvalue weighted by atomic mass is 10.2. The number of anilines is 1. The van der Waals surface area contributed by atoms with Crippen molar-refractivity contribution in [2.75, 3.05) is 42.9 Å². The average Bonchev–Trinajstić information content (AvgIpc) is 2.60. The SMILES string of the molecule is CCN(CC)C(=O)CN(c1ccc2c(c1)OCCO2)S(=O)(=O)CC. The highest BCUT2D eigenvalue weighted by Crippen LogP contribution is 2.34. The zero-order chi connectivity index (χ0) is 17.7. The third-order valence-corrected chi connectivity index (χ3v) is 5.65. The average molecular weight is 356 g/mol. The monoisotopic (exact) mass is 356 g/mol. The van der Waals surface area contributed by atoms with Crippen molar-refractivity contribution in [2.24, 2.45) is 0 Å². The van der Waals surface area contributed by atoms with Gasteiger partial charge >= 0.3 is 0 Å². The zero-order valence-electron chi connectivity index (χ0n) is 14.3. The highest BCUT2D eigenvalue weighted by Gasteiger charge is 2.26. The van der Waals surface area contributed by atoms with E-state index in [4.69, 9.17) is 9.47 Å². The molecule has 1 aromatic rings. The molecule has 0 spiro atoms. The second-order valence-corrected chi connectivity index (χ2v) is 7.48. The Hall–Kier alpha value is -1.96. The number of nitrogens with zero attached hydrogens (tertiary/aromatic N) is 2. The number of fused-ring (bicyclic) bond motifs is 1. The molecule has 0 unspecified atom stereocenters. The number of sulfonamides is 1. The van der Waals surface area contributed by atoms with Crippen molar-refractivity contribution in [3.05, 3.63) is 18.2 Å². The number of hydrogen-bond donors (Lipinski definition) is 0. The van der Waals surface area contributed by atoms with Gasteiger partial charge in [0.2, 0.25) is 15.9 Å². The number of benzene rings is 1. The van der Waals surface area contributed by atoms with Crippen LogP contribution in [0.5, 0.6) is 11.5 Å². The first-order chi connectivity index (χ1) is 11.4. The molecule has 1 heterocycles. The molecule has 8 heteroatoms. The van der Waals surface area contributed by atoms with Crippen LogP contribution in [0.1, 0.15) is 20.8 Å². The molecule has 0 atom stereocenters. The molecule has 0 radical (unpaired) electrons. The van der Waals surface area contributed by atoms with Crippen molar-refractivity contribution in [1.82, 2.24) is 4.90 Å². The first-order valence-electron chi connectivity index (χ1n) is 8.10. The van der Waals surface area contributed by atoms with Crippen molar-refractivity contribution in [3.63, 3.8) is 0 Å². The summed E-state index contributed by atoms with van der Waals surface area (Å²) in [5, 5.41) is 0. The fourth-order valence-electron chi connectivity index (χ4n) is 2.49. The van der Waals surface area contributed by atoms with Crippen molar-refractivity contribution >= 4 is 21.6 Å². The van der Waals surface area contributed by atoms with Crippen molar-refractivity contribution in [3.8, 4) is 11.5 Å². The van der Waals surface area contributed by atoms with Crippen LogP contribution in [0.3, 0.4) is 0 Å². The first kappa shape index (κ1) is 18.4. The summed E-state index contributed by atoms with van der Waals surface area (Å²) in [6.45, 7) is 7.01. The Morgan fingerprint density at radius 3 is 2.29 bits per heavy atom. The Kier molecular flexibility index (Phi) is 5.93. The number of rotatable bonds is 7. The van der Waals surface area contributed by atoms with Crippen LogP contribution in [-0.4, -0.2) is 57.8 Å². The third kappa shape index (κ3) is 3.92. The highest BCUT2D eigenvalue weighted by atomic mass is 32.2. The van der Waals surface area contributed by atoms with E-state index >= 15 is 0 Å². The van der Waals surface area contributed by atoms with Crippen LogP contribution in [0, 0.1) is 0 Å². The van der Waals surface area contributed by atoms with Crippen molar-refractivity contribution < 1.29 is 22.7 Å². The van der Waals surface area contributed by atoms with Gasteiger partial charge in [0.15, 0.2) is 11.5 Å². The predicted molar refractivity (Wildman–Crippen MR) is 92.2 cm³/mol. The normalized spacial score (nSPS) is 13.5. The summed E-state index contributed by atoms with van der Waals surface area (Å²) in [5.41, 5.74) is 0.404. The lowest BCUT2D eigenvalue weighted by Crippen LogP contribution is -2.43. The van der Waals surface area contributed by atoms with Gasteiger partial charge < -0.3 is 14.4 Å². The molecule has 0 fully saturated rings. The minimum absolute atomic E-state index is 0.0903. The minimum Gasteiger partial charge on any atom is -0.486 e. The first-order valence-corrected chi connectivity index (χ1v) is 9.71. The van der Waals surface area contributed by atoms with E-state index in [1.54, 1.807) is 30.0 Å². The van der Waals surface area contributed by atoms with E-state index < -0.39 is 10.0 Å². The van der Waals surface area contributed by atoms with Crippen LogP contribution in [-0.2, 0) is 14.8 Å². The summed E-state index contributed by atoms with van der Waals surface area (Å²) in [6, 6.07) is 4.91. The van der Waals surface area contributed by atoms with E-state index in [-0.39, 0.29) is 18.2 Å². The molecule has 7 nitrogen and oxygen atoms in total. The quantitative estimate of drug-likeness (QED) is 0.740. The van der Waals surface area contributed by atoms with Gasteiger partial charge in [-0.3, -0.25) is 9.10 Å². The number of carbonyl (C=O) groups is 1. The summed E-state index contributed by atoms with van der Waals surface area (Å²) in [6.07, 6.45) is 0. The van der Waals surface area contributed by atoms with Gasteiger partial charge in [-0.2, -0.15) is 0 Å². The number of carbonyl (C=O) groups excluding carboxylic acids is 1. The topological polar surface area (TPSA) is 76.2 Å². The number of ether oxygens (including phenoxy) is 2. The second kappa shape index (κ2) is 7.74. The molecule has 1 aromatic carbocycles. The molecular weight excluding hydrogens is 332 g/mol. The Morgan fingerprint density at radius 2 is 1.71 bits per heavy atom. The van der Waals surface area contributed by atoms with E-state index in [2.05, 4.69) is 0 Å². The predicted octanol–water partition coefficient (Wildman–Crippen LogP) is 1.48. The Labute approximate surface area is 143 Å². The molecular formula is C16H24N2O5S. The van der Waals surface area contributed by atoms with E-state index in [0.717, 1.165) is 4.31 Å². The number of likely N-dealkylation sites (N-methyl/N-ethyl adjacent to an activating group) is 1. The van der Waals surface area contributed by atoms with Gasteiger partial charge in [-0.05, 0) is 32.9 Å². The van der Waals surface area contributed by atoms with Crippen LogP contribution in [0.2, 0.25) is 0 Å². The Morgan fingerprint density at radius 1 is 1.08 bits per heavy atom. The Bertz CT molecular complexity index is 686. The van der Waals surface area contributed by atoms with Crippen LogP contribution in [0.15, 0.2) is 18.2 Å². The Balaban J connectivity index is 2.35. The van der Waals surface area contributed by atoms with Crippen LogP contribution >= 0.6 is 0 Å². The molecule has 0 aliphatic carbocycles. The number of amides is 1. The highest BCUT2D eigenvalue weighted by molar-refractivity contribution is 7.92. The van der Waals surface area contributed by atoms with Gasteiger partial charge in [0.25, 0.3) is 0 Å². The molecule has 2 rings (SSSR count). The van der Waals surface area contributed by atoms with Gasteiger partial charge in [0.1, 0.15) is 19.8 Å². The summed E-state index contributed by atoms with van der Waals surface area (Å²) in [4.78, 5) is 14.0. The lowest BCUT2D eigenvalue weighted by Gasteiger charge is -2.28. The van der Waals surface area contributed by atoms with E-state index in [1.807, 2.05) is 13.8 Å². The van der Waals surface area contributed by atoms with Gasteiger partial charge in [-0.25, -0.2) is 8.42 Å². The summed E-state index contributed by atoms with van der Waals surface area (Å²) >= 11 is 0. The molecule has 0 aromatic heterocycles. The van der Waals surface area contributed by atoms with Crippen LogP contribution < -0.4 is 13.8 Å². The van der Waals surface area contributed by atoms with E-state index in [0.29, 0.717) is 43.5 Å². The van der Waals surface area contributed by atoms with Gasteiger partial charge in [-0.15, -0.1) is 0 Å². The molecule has 0 bridgehead atoms. The molecule has 0 N–H and O–H groups in total. The second-order valence-electron chi connectivity index (χ2n) is 5.30. The molecule has 0 saturated heterocycles. The molecule has 24 heavy (non-hydrogen) atoms. The standard InChI is InChI=1S/C16H24N2O5S/c1-4-17(5-2)16(19)12-18(24(20,21)6-3)13-7-8-14-15(11-13)23-10-9-22-14/h7-8,11H,4-6,9-10,12H2,1-3H3. The molecule has 1 aliphatic rings. The molecule has 134 valence electrons. The maximum Gasteiger partial charge on any atom is 0.243 e. The minimum atomic E-state index is -3.60. The molecule has 1 amide bonds. The fraction of sp³-hybridized carbons (Fsp3) is 0.562. The van der Waals surface area contributed by atoms with Crippen LogP contribution in [0.4, 0.5) is 5.69 Å². The van der Waals surface area contributed by atoms with Gasteiger partial charge in [0, 0.05) is 19.2 Å².